The Labute approximate surface area is 165 Å². The van der Waals surface area contributed by atoms with Gasteiger partial charge in [0.2, 0.25) is 5.95 Å². The second-order valence-corrected chi connectivity index (χ2v) is 6.83. The minimum atomic E-state index is -0.288. The quantitative estimate of drug-likeness (QED) is 0.641. The van der Waals surface area contributed by atoms with Crippen molar-refractivity contribution in [2.24, 2.45) is 0 Å². The van der Waals surface area contributed by atoms with E-state index < -0.39 is 0 Å². The molecule has 0 unspecified atom stereocenters. The summed E-state index contributed by atoms with van der Waals surface area (Å²) >= 11 is 0. The topological polar surface area (TPSA) is 76.1 Å². The SMILES string of the molecule is Cc1ccc(NC(=O)c2ccnc(Nc3ccccc3OC(C)C)n2)c(C)c1. The molecular formula is C22H24N4O2. The molecule has 0 aliphatic carbocycles. The van der Waals surface area contributed by atoms with Gasteiger partial charge >= 0.3 is 0 Å². The van der Waals surface area contributed by atoms with Gasteiger partial charge in [-0.15, -0.1) is 0 Å². The van der Waals surface area contributed by atoms with E-state index in [-0.39, 0.29) is 17.7 Å². The normalized spacial score (nSPS) is 10.6. The molecule has 0 spiro atoms. The number of aromatic nitrogens is 2. The Balaban J connectivity index is 1.78. The fourth-order valence-corrected chi connectivity index (χ4v) is 2.73. The van der Waals surface area contributed by atoms with Gasteiger partial charge in [-0.3, -0.25) is 4.79 Å². The minimum Gasteiger partial charge on any atom is -0.489 e. The van der Waals surface area contributed by atoms with Gasteiger partial charge in [-0.25, -0.2) is 9.97 Å². The van der Waals surface area contributed by atoms with Gasteiger partial charge in [0.1, 0.15) is 11.4 Å². The lowest BCUT2D eigenvalue weighted by atomic mass is 10.1. The molecule has 0 radical (unpaired) electrons. The summed E-state index contributed by atoms with van der Waals surface area (Å²) in [6, 6.07) is 15.0. The number of nitrogens with one attached hydrogen (secondary N) is 2. The van der Waals surface area contributed by atoms with E-state index in [4.69, 9.17) is 4.74 Å². The number of hydrogen-bond acceptors (Lipinski definition) is 5. The molecule has 1 aromatic heterocycles. The molecule has 3 aromatic rings. The second-order valence-electron chi connectivity index (χ2n) is 6.83. The third kappa shape index (κ3) is 4.85. The Morgan fingerprint density at radius 1 is 1.04 bits per heavy atom. The van der Waals surface area contributed by atoms with Crippen LogP contribution in [0.25, 0.3) is 0 Å². The highest BCUT2D eigenvalue weighted by Crippen LogP contribution is 2.27. The van der Waals surface area contributed by atoms with Crippen LogP contribution in [-0.2, 0) is 0 Å². The highest BCUT2D eigenvalue weighted by atomic mass is 16.5. The number of ether oxygens (including phenoxy) is 1. The zero-order chi connectivity index (χ0) is 20.1. The molecule has 6 nitrogen and oxygen atoms in total. The Morgan fingerprint density at radius 3 is 2.57 bits per heavy atom. The molecular weight excluding hydrogens is 352 g/mol. The van der Waals surface area contributed by atoms with E-state index in [1.807, 2.05) is 70.2 Å². The average molecular weight is 376 g/mol. The molecule has 0 aliphatic rings. The number of benzene rings is 2. The Kier molecular flexibility index (Phi) is 5.89. The number of para-hydroxylation sites is 2. The molecule has 0 atom stereocenters. The van der Waals surface area contributed by atoms with Crippen molar-refractivity contribution in [2.45, 2.75) is 33.8 Å². The Bertz CT molecular complexity index is 986. The van der Waals surface area contributed by atoms with Crippen LogP contribution in [0.15, 0.2) is 54.7 Å². The van der Waals surface area contributed by atoms with Crippen molar-refractivity contribution in [1.29, 1.82) is 0 Å². The van der Waals surface area contributed by atoms with E-state index in [9.17, 15) is 4.79 Å². The summed E-state index contributed by atoms with van der Waals surface area (Å²) in [6.45, 7) is 7.90. The number of rotatable bonds is 6. The van der Waals surface area contributed by atoms with E-state index in [1.54, 1.807) is 12.3 Å². The van der Waals surface area contributed by atoms with E-state index >= 15 is 0 Å². The number of nitrogens with zero attached hydrogens (tertiary/aromatic N) is 2. The van der Waals surface area contributed by atoms with Crippen molar-refractivity contribution in [1.82, 2.24) is 9.97 Å². The van der Waals surface area contributed by atoms with Crippen molar-refractivity contribution in [3.05, 3.63) is 71.5 Å². The lowest BCUT2D eigenvalue weighted by Gasteiger charge is -2.15. The van der Waals surface area contributed by atoms with Crippen LogP contribution in [0.3, 0.4) is 0 Å². The predicted molar refractivity (Wildman–Crippen MR) is 111 cm³/mol. The van der Waals surface area contributed by atoms with Crippen LogP contribution < -0.4 is 15.4 Å². The molecule has 1 amide bonds. The van der Waals surface area contributed by atoms with Gasteiger partial charge in [-0.1, -0.05) is 29.8 Å². The highest BCUT2D eigenvalue weighted by molar-refractivity contribution is 6.03. The maximum absolute atomic E-state index is 12.6. The summed E-state index contributed by atoms with van der Waals surface area (Å²) in [5.41, 5.74) is 3.93. The van der Waals surface area contributed by atoms with Crippen LogP contribution in [0.2, 0.25) is 0 Å². The summed E-state index contributed by atoms with van der Waals surface area (Å²) < 4.78 is 5.80. The van der Waals surface area contributed by atoms with Crippen LogP contribution in [0, 0.1) is 13.8 Å². The van der Waals surface area contributed by atoms with E-state index in [0.29, 0.717) is 11.7 Å². The molecule has 0 saturated carbocycles. The first-order valence-corrected chi connectivity index (χ1v) is 9.17. The van der Waals surface area contributed by atoms with Gasteiger partial charge in [0.25, 0.3) is 5.91 Å². The molecule has 6 heteroatoms. The maximum atomic E-state index is 12.6. The first-order valence-electron chi connectivity index (χ1n) is 9.17. The standard InChI is InChI=1S/C22H24N4O2/c1-14(2)28-20-8-6-5-7-18(20)25-22-23-12-11-19(26-22)21(27)24-17-10-9-15(3)13-16(17)4/h5-14H,1-4H3,(H,24,27)(H,23,25,26). The van der Waals surface area contributed by atoms with Gasteiger partial charge in [0, 0.05) is 11.9 Å². The number of anilines is 3. The number of amides is 1. The fourth-order valence-electron chi connectivity index (χ4n) is 2.73. The zero-order valence-corrected chi connectivity index (χ0v) is 16.5. The van der Waals surface area contributed by atoms with Gasteiger partial charge < -0.3 is 15.4 Å². The highest BCUT2D eigenvalue weighted by Gasteiger charge is 2.12. The molecule has 0 aliphatic heterocycles. The van der Waals surface area contributed by atoms with Crippen molar-refractivity contribution >= 4 is 23.2 Å². The third-order valence-electron chi connectivity index (χ3n) is 4.01. The lowest BCUT2D eigenvalue weighted by molar-refractivity contribution is 0.102. The van der Waals surface area contributed by atoms with Crippen LogP contribution in [0.5, 0.6) is 5.75 Å². The first-order chi connectivity index (χ1) is 13.4. The third-order valence-corrected chi connectivity index (χ3v) is 4.01. The van der Waals surface area contributed by atoms with E-state index in [2.05, 4.69) is 20.6 Å². The number of carbonyl (C=O) groups is 1. The first kappa shape index (κ1) is 19.4. The van der Waals surface area contributed by atoms with Crippen molar-refractivity contribution in [2.75, 3.05) is 10.6 Å². The smallest absolute Gasteiger partial charge is 0.274 e. The molecule has 0 fully saturated rings. The summed E-state index contributed by atoms with van der Waals surface area (Å²) in [6.07, 6.45) is 1.59. The second kappa shape index (κ2) is 8.52. The summed E-state index contributed by atoms with van der Waals surface area (Å²) in [7, 11) is 0. The number of aryl methyl sites for hydroxylation is 2. The van der Waals surface area contributed by atoms with Gasteiger partial charge in [0.15, 0.2) is 0 Å². The Morgan fingerprint density at radius 2 is 1.82 bits per heavy atom. The lowest BCUT2D eigenvalue weighted by Crippen LogP contribution is -2.15. The molecule has 0 bridgehead atoms. The zero-order valence-electron chi connectivity index (χ0n) is 16.5. The largest absolute Gasteiger partial charge is 0.489 e. The molecule has 3 rings (SSSR count). The molecule has 2 N–H and O–H groups in total. The summed E-state index contributed by atoms with van der Waals surface area (Å²) in [5.74, 6) is 0.739. The van der Waals surface area contributed by atoms with Crippen LogP contribution >= 0.6 is 0 Å². The average Bonchev–Trinajstić information content (AvgIpc) is 2.65. The summed E-state index contributed by atoms with van der Waals surface area (Å²) in [5, 5.41) is 6.03. The number of hydrogen-bond donors (Lipinski definition) is 2. The number of carbonyl (C=O) groups excluding carboxylic acids is 1. The van der Waals surface area contributed by atoms with Gasteiger partial charge in [-0.05, 0) is 57.5 Å². The minimum absolute atomic E-state index is 0.0405. The van der Waals surface area contributed by atoms with Crippen molar-refractivity contribution in [3.8, 4) is 5.75 Å². The molecule has 28 heavy (non-hydrogen) atoms. The van der Waals surface area contributed by atoms with Crippen molar-refractivity contribution in [3.63, 3.8) is 0 Å². The molecule has 144 valence electrons. The predicted octanol–water partition coefficient (Wildman–Crippen LogP) is 4.88. The van der Waals surface area contributed by atoms with E-state index in [0.717, 1.165) is 22.5 Å². The van der Waals surface area contributed by atoms with Crippen LogP contribution in [0.4, 0.5) is 17.3 Å². The van der Waals surface area contributed by atoms with E-state index in [1.165, 1.54) is 0 Å². The van der Waals surface area contributed by atoms with Gasteiger partial charge in [-0.2, -0.15) is 0 Å². The Hall–Kier alpha value is -3.41. The van der Waals surface area contributed by atoms with Crippen molar-refractivity contribution < 1.29 is 9.53 Å². The summed E-state index contributed by atoms with van der Waals surface area (Å²) in [4.78, 5) is 21.2. The molecule has 0 saturated heterocycles. The van der Waals surface area contributed by atoms with Crippen LogP contribution in [-0.4, -0.2) is 22.0 Å². The molecule has 1 heterocycles. The monoisotopic (exact) mass is 376 g/mol. The van der Waals surface area contributed by atoms with Gasteiger partial charge in [0.05, 0.1) is 11.8 Å². The van der Waals surface area contributed by atoms with Crippen LogP contribution in [0.1, 0.15) is 35.5 Å². The maximum Gasteiger partial charge on any atom is 0.274 e. The molecule has 2 aromatic carbocycles. The fraction of sp³-hybridized carbons (Fsp3) is 0.227.